The number of hydrogen-bond donors (Lipinski definition) is 1. The minimum Gasteiger partial charge on any atom is -0.393 e. The summed E-state index contributed by atoms with van der Waals surface area (Å²) in [7, 11) is 1.71. The molecule has 3 atom stereocenters. The molecule has 1 aliphatic carbocycles. The summed E-state index contributed by atoms with van der Waals surface area (Å²) in [5.74, 6) is 0.00502. The van der Waals surface area contributed by atoms with Crippen molar-refractivity contribution in [2.24, 2.45) is 0 Å². The lowest BCUT2D eigenvalue weighted by Gasteiger charge is -2.42. The molecule has 5 nitrogen and oxygen atoms in total. The number of likely N-dealkylation sites (tertiary alicyclic amines) is 1. The van der Waals surface area contributed by atoms with Crippen molar-refractivity contribution < 1.29 is 14.6 Å². The minimum atomic E-state index is -0.339. The van der Waals surface area contributed by atoms with Crippen molar-refractivity contribution in [3.63, 3.8) is 0 Å². The second-order valence-corrected chi connectivity index (χ2v) is 5.70. The van der Waals surface area contributed by atoms with Gasteiger partial charge in [0.1, 0.15) is 0 Å². The van der Waals surface area contributed by atoms with Gasteiger partial charge in [0.25, 0.3) is 5.91 Å². The molecule has 1 aromatic heterocycles. The lowest BCUT2D eigenvalue weighted by Crippen LogP contribution is -2.52. The van der Waals surface area contributed by atoms with Crippen molar-refractivity contribution in [3.8, 4) is 0 Å². The maximum atomic E-state index is 12.6. The Labute approximate surface area is 118 Å². The summed E-state index contributed by atoms with van der Waals surface area (Å²) in [6.07, 6.45) is 5.93. The summed E-state index contributed by atoms with van der Waals surface area (Å²) in [5, 5.41) is 9.93. The first-order valence-corrected chi connectivity index (χ1v) is 7.10. The molecule has 0 unspecified atom stereocenters. The molecule has 1 aliphatic heterocycles. The van der Waals surface area contributed by atoms with Crippen LogP contribution in [-0.2, 0) is 4.74 Å². The first kappa shape index (κ1) is 13.5. The Morgan fingerprint density at radius 2 is 2.20 bits per heavy atom. The predicted octanol–water partition coefficient (Wildman–Crippen LogP) is 1.23. The number of aromatic nitrogens is 1. The van der Waals surface area contributed by atoms with Crippen LogP contribution in [0, 0.1) is 0 Å². The van der Waals surface area contributed by atoms with E-state index in [4.69, 9.17) is 4.74 Å². The van der Waals surface area contributed by atoms with Crippen molar-refractivity contribution in [2.75, 3.05) is 13.7 Å². The Balaban J connectivity index is 1.86. The zero-order chi connectivity index (χ0) is 14.2. The summed E-state index contributed by atoms with van der Waals surface area (Å²) in [4.78, 5) is 18.4. The molecule has 108 valence electrons. The van der Waals surface area contributed by atoms with Gasteiger partial charge in [0.15, 0.2) is 0 Å². The highest BCUT2D eigenvalue weighted by molar-refractivity contribution is 5.94. The van der Waals surface area contributed by atoms with Gasteiger partial charge in [-0.2, -0.15) is 0 Å². The van der Waals surface area contributed by atoms with E-state index in [0.29, 0.717) is 18.5 Å². The minimum absolute atomic E-state index is 0.00502. The molecule has 1 amide bonds. The Morgan fingerprint density at radius 3 is 2.90 bits per heavy atom. The SMILES string of the molecule is CO[C@@]12CC[C@@H](O)C[C@@H]1N(C(=O)c1ccncc1)CC2. The van der Waals surface area contributed by atoms with E-state index in [0.717, 1.165) is 19.3 Å². The third-order valence-electron chi connectivity index (χ3n) is 4.75. The van der Waals surface area contributed by atoms with Gasteiger partial charge in [0.05, 0.1) is 17.7 Å². The number of amides is 1. The number of ether oxygens (including phenoxy) is 1. The molecule has 0 aromatic carbocycles. The van der Waals surface area contributed by atoms with Gasteiger partial charge in [-0.1, -0.05) is 0 Å². The molecule has 20 heavy (non-hydrogen) atoms. The van der Waals surface area contributed by atoms with Gasteiger partial charge in [-0.25, -0.2) is 0 Å². The fourth-order valence-corrected chi connectivity index (χ4v) is 3.58. The number of rotatable bonds is 2. The van der Waals surface area contributed by atoms with E-state index >= 15 is 0 Å². The summed E-state index contributed by atoms with van der Waals surface area (Å²) < 4.78 is 5.75. The van der Waals surface area contributed by atoms with E-state index in [-0.39, 0.29) is 23.7 Å². The van der Waals surface area contributed by atoms with E-state index in [2.05, 4.69) is 4.98 Å². The zero-order valence-corrected chi connectivity index (χ0v) is 11.7. The van der Waals surface area contributed by atoms with E-state index in [1.54, 1.807) is 31.6 Å². The van der Waals surface area contributed by atoms with Crippen molar-refractivity contribution in [2.45, 2.75) is 43.4 Å². The van der Waals surface area contributed by atoms with Crippen LogP contribution in [-0.4, -0.2) is 52.3 Å². The quantitative estimate of drug-likeness (QED) is 0.882. The Kier molecular flexibility index (Phi) is 3.48. The topological polar surface area (TPSA) is 62.7 Å². The van der Waals surface area contributed by atoms with Crippen LogP contribution in [0.5, 0.6) is 0 Å². The molecule has 0 bridgehead atoms. The molecule has 2 aliphatic rings. The average molecular weight is 276 g/mol. The molecule has 5 heteroatoms. The highest BCUT2D eigenvalue weighted by Gasteiger charge is 2.52. The Hall–Kier alpha value is -1.46. The first-order valence-electron chi connectivity index (χ1n) is 7.10. The van der Waals surface area contributed by atoms with Gasteiger partial charge in [0, 0.05) is 31.6 Å². The number of hydrogen-bond acceptors (Lipinski definition) is 4. The highest BCUT2D eigenvalue weighted by Crippen LogP contribution is 2.42. The number of aliphatic hydroxyl groups excluding tert-OH is 1. The van der Waals surface area contributed by atoms with Crippen molar-refractivity contribution in [1.29, 1.82) is 0 Å². The summed E-state index contributed by atoms with van der Waals surface area (Å²) >= 11 is 0. The number of nitrogens with zero attached hydrogens (tertiary/aromatic N) is 2. The number of methoxy groups -OCH3 is 1. The first-order chi connectivity index (χ1) is 9.66. The van der Waals surface area contributed by atoms with Crippen LogP contribution in [0.1, 0.15) is 36.0 Å². The van der Waals surface area contributed by atoms with Gasteiger partial charge in [-0.05, 0) is 37.8 Å². The molecule has 1 saturated carbocycles. The van der Waals surface area contributed by atoms with Gasteiger partial charge < -0.3 is 14.7 Å². The molecular formula is C15H20N2O3. The summed E-state index contributed by atoms with van der Waals surface area (Å²) in [6, 6.07) is 3.43. The molecule has 2 heterocycles. The predicted molar refractivity (Wildman–Crippen MR) is 73.3 cm³/mol. The second kappa shape index (κ2) is 5.14. The lowest BCUT2D eigenvalue weighted by atomic mass is 9.79. The normalized spacial score (nSPS) is 33.0. The number of carbonyl (C=O) groups is 1. The fourth-order valence-electron chi connectivity index (χ4n) is 3.58. The van der Waals surface area contributed by atoms with Crippen LogP contribution in [0.15, 0.2) is 24.5 Å². The Morgan fingerprint density at radius 1 is 1.45 bits per heavy atom. The standard InChI is InChI=1S/C15H20N2O3/c1-20-15-5-2-12(18)10-13(15)17(9-6-15)14(19)11-3-7-16-8-4-11/h3-4,7-8,12-13,18H,2,5-6,9-10H2,1H3/t12-,13+,15-/m1/s1. The zero-order valence-electron chi connectivity index (χ0n) is 11.7. The molecule has 1 N–H and O–H groups in total. The van der Waals surface area contributed by atoms with E-state index in [1.807, 2.05) is 4.90 Å². The highest BCUT2D eigenvalue weighted by atomic mass is 16.5. The third-order valence-corrected chi connectivity index (χ3v) is 4.75. The molecule has 0 spiro atoms. The van der Waals surface area contributed by atoms with Gasteiger partial charge >= 0.3 is 0 Å². The maximum Gasteiger partial charge on any atom is 0.254 e. The molecule has 2 fully saturated rings. The van der Waals surface area contributed by atoms with Crippen LogP contribution >= 0.6 is 0 Å². The van der Waals surface area contributed by atoms with Crippen molar-refractivity contribution in [3.05, 3.63) is 30.1 Å². The molecule has 1 aromatic rings. The van der Waals surface area contributed by atoms with Gasteiger partial charge in [-0.15, -0.1) is 0 Å². The largest absolute Gasteiger partial charge is 0.393 e. The van der Waals surface area contributed by atoms with Crippen LogP contribution in [0.2, 0.25) is 0 Å². The molecule has 1 saturated heterocycles. The number of aliphatic hydroxyl groups is 1. The summed E-state index contributed by atoms with van der Waals surface area (Å²) in [6.45, 7) is 0.687. The molecule has 3 rings (SSSR count). The second-order valence-electron chi connectivity index (χ2n) is 5.70. The van der Waals surface area contributed by atoms with Crippen LogP contribution in [0.4, 0.5) is 0 Å². The monoisotopic (exact) mass is 276 g/mol. The van der Waals surface area contributed by atoms with E-state index < -0.39 is 0 Å². The van der Waals surface area contributed by atoms with Crippen molar-refractivity contribution in [1.82, 2.24) is 9.88 Å². The third kappa shape index (κ3) is 2.11. The number of pyridine rings is 1. The smallest absolute Gasteiger partial charge is 0.254 e. The van der Waals surface area contributed by atoms with Crippen molar-refractivity contribution >= 4 is 5.91 Å². The number of fused-ring (bicyclic) bond motifs is 1. The van der Waals surface area contributed by atoms with E-state index in [1.165, 1.54) is 0 Å². The Bertz CT molecular complexity index is 493. The fraction of sp³-hybridized carbons (Fsp3) is 0.600. The number of carbonyl (C=O) groups excluding carboxylic acids is 1. The van der Waals surface area contributed by atoms with Gasteiger partial charge in [-0.3, -0.25) is 9.78 Å². The molecule has 0 radical (unpaired) electrons. The molecular weight excluding hydrogens is 256 g/mol. The summed E-state index contributed by atoms with van der Waals surface area (Å²) in [5.41, 5.74) is 0.369. The van der Waals surface area contributed by atoms with Crippen LogP contribution < -0.4 is 0 Å². The average Bonchev–Trinajstić information content (AvgIpc) is 2.87. The lowest BCUT2D eigenvalue weighted by molar-refractivity contribution is -0.0824. The van der Waals surface area contributed by atoms with Crippen LogP contribution in [0.25, 0.3) is 0 Å². The van der Waals surface area contributed by atoms with E-state index in [9.17, 15) is 9.90 Å². The van der Waals surface area contributed by atoms with Gasteiger partial charge in [0.2, 0.25) is 0 Å². The maximum absolute atomic E-state index is 12.6. The van der Waals surface area contributed by atoms with Crippen LogP contribution in [0.3, 0.4) is 0 Å².